The van der Waals surface area contributed by atoms with Crippen molar-refractivity contribution in [2.45, 2.75) is 25.8 Å². The lowest BCUT2D eigenvalue weighted by Crippen LogP contribution is -2.29. The number of halogens is 1. The maximum Gasteiger partial charge on any atom is 0.259 e. The fourth-order valence-corrected chi connectivity index (χ4v) is 3.79. The SMILES string of the molecule is Cc1nc([C@@H]2CCCN2CCOc2ccc(F)cc2)ncc1C(=O)Nc1ccccc1. The smallest absolute Gasteiger partial charge is 0.259 e. The summed E-state index contributed by atoms with van der Waals surface area (Å²) in [5.74, 6) is 0.887. The molecule has 4 rings (SSSR count). The minimum Gasteiger partial charge on any atom is -0.492 e. The average molecular weight is 420 g/mol. The molecule has 1 aliphatic rings. The number of carbonyl (C=O) groups excluding carboxylic acids is 1. The molecule has 0 unspecified atom stereocenters. The minimum absolute atomic E-state index is 0.0988. The lowest BCUT2D eigenvalue weighted by molar-refractivity contribution is 0.102. The second kappa shape index (κ2) is 9.66. The first-order chi connectivity index (χ1) is 15.1. The van der Waals surface area contributed by atoms with E-state index in [0.717, 1.165) is 37.4 Å². The first kappa shape index (κ1) is 20.9. The molecule has 160 valence electrons. The van der Waals surface area contributed by atoms with Crippen molar-refractivity contribution in [2.24, 2.45) is 0 Å². The van der Waals surface area contributed by atoms with Gasteiger partial charge < -0.3 is 10.1 Å². The number of aryl methyl sites for hydroxylation is 1. The van der Waals surface area contributed by atoms with Gasteiger partial charge in [-0.15, -0.1) is 0 Å². The van der Waals surface area contributed by atoms with E-state index >= 15 is 0 Å². The third-order valence-electron chi connectivity index (χ3n) is 5.40. The number of hydrogen-bond donors (Lipinski definition) is 1. The van der Waals surface area contributed by atoms with E-state index in [1.54, 1.807) is 18.3 Å². The standard InChI is InChI=1S/C24H25FN4O2/c1-17-21(24(30)28-19-6-3-2-4-7-19)16-26-23(27-17)22-8-5-13-29(22)14-15-31-20-11-9-18(25)10-12-20/h2-4,6-7,9-12,16,22H,5,8,13-15H2,1H3,(H,28,30)/t22-/m0/s1. The van der Waals surface area contributed by atoms with Crippen LogP contribution < -0.4 is 10.1 Å². The molecule has 0 bridgehead atoms. The van der Waals surface area contributed by atoms with Crippen molar-refractivity contribution >= 4 is 11.6 Å². The summed E-state index contributed by atoms with van der Waals surface area (Å²) in [7, 11) is 0. The van der Waals surface area contributed by atoms with Crippen LogP contribution in [0.25, 0.3) is 0 Å². The fourth-order valence-electron chi connectivity index (χ4n) is 3.79. The van der Waals surface area contributed by atoms with Crippen LogP contribution in [0.3, 0.4) is 0 Å². The van der Waals surface area contributed by atoms with Crippen LogP contribution in [-0.4, -0.2) is 40.5 Å². The van der Waals surface area contributed by atoms with Gasteiger partial charge >= 0.3 is 0 Å². The summed E-state index contributed by atoms with van der Waals surface area (Å²) in [6.07, 6.45) is 3.63. The lowest BCUT2D eigenvalue weighted by Gasteiger charge is -2.23. The number of rotatable bonds is 7. The average Bonchev–Trinajstić information content (AvgIpc) is 3.24. The number of nitrogens with one attached hydrogen (secondary N) is 1. The topological polar surface area (TPSA) is 67.3 Å². The molecule has 3 aromatic rings. The van der Waals surface area contributed by atoms with Gasteiger partial charge in [0.15, 0.2) is 0 Å². The summed E-state index contributed by atoms with van der Waals surface area (Å²) in [5.41, 5.74) is 1.86. The molecule has 0 radical (unpaired) electrons. The molecule has 6 nitrogen and oxygen atoms in total. The zero-order chi connectivity index (χ0) is 21.6. The molecule has 1 N–H and O–H groups in total. The van der Waals surface area contributed by atoms with E-state index in [9.17, 15) is 9.18 Å². The lowest BCUT2D eigenvalue weighted by atomic mass is 10.1. The Labute approximate surface area is 181 Å². The molecule has 1 saturated heterocycles. The van der Waals surface area contributed by atoms with Gasteiger partial charge in [-0.05, 0) is 62.7 Å². The second-order valence-electron chi connectivity index (χ2n) is 7.54. The van der Waals surface area contributed by atoms with E-state index in [1.807, 2.05) is 37.3 Å². The zero-order valence-corrected chi connectivity index (χ0v) is 17.4. The van der Waals surface area contributed by atoms with Crippen LogP contribution in [0.5, 0.6) is 5.75 Å². The number of para-hydroxylation sites is 1. The number of amides is 1. The Morgan fingerprint density at radius 1 is 1.19 bits per heavy atom. The normalized spacial score (nSPS) is 16.3. The Morgan fingerprint density at radius 2 is 1.97 bits per heavy atom. The van der Waals surface area contributed by atoms with E-state index in [1.165, 1.54) is 12.1 Å². The molecular formula is C24H25FN4O2. The number of aromatic nitrogens is 2. The highest BCUT2D eigenvalue weighted by Gasteiger charge is 2.28. The number of carbonyl (C=O) groups is 1. The van der Waals surface area contributed by atoms with Gasteiger partial charge in [0.05, 0.1) is 17.3 Å². The summed E-state index contributed by atoms with van der Waals surface area (Å²) in [4.78, 5) is 24.0. The molecule has 1 atom stereocenters. The van der Waals surface area contributed by atoms with Gasteiger partial charge in [-0.25, -0.2) is 14.4 Å². The van der Waals surface area contributed by atoms with Gasteiger partial charge in [0.25, 0.3) is 5.91 Å². The number of nitrogens with zero attached hydrogens (tertiary/aromatic N) is 3. The summed E-state index contributed by atoms with van der Waals surface area (Å²) < 4.78 is 18.7. The van der Waals surface area contributed by atoms with Gasteiger partial charge in [0.2, 0.25) is 0 Å². The molecule has 31 heavy (non-hydrogen) atoms. The predicted molar refractivity (Wildman–Crippen MR) is 117 cm³/mol. The highest BCUT2D eigenvalue weighted by molar-refractivity contribution is 6.04. The molecule has 1 amide bonds. The molecule has 0 saturated carbocycles. The number of hydrogen-bond acceptors (Lipinski definition) is 5. The van der Waals surface area contributed by atoms with Crippen molar-refractivity contribution in [1.82, 2.24) is 14.9 Å². The van der Waals surface area contributed by atoms with Crippen molar-refractivity contribution in [3.05, 3.63) is 83.7 Å². The monoisotopic (exact) mass is 420 g/mol. The van der Waals surface area contributed by atoms with Crippen molar-refractivity contribution in [3.8, 4) is 5.75 Å². The van der Waals surface area contributed by atoms with Crippen LogP contribution in [0.1, 0.15) is 40.8 Å². The molecule has 1 fully saturated rings. The first-order valence-electron chi connectivity index (χ1n) is 10.4. The third kappa shape index (κ3) is 5.24. The van der Waals surface area contributed by atoms with E-state index in [4.69, 9.17) is 4.74 Å². The number of anilines is 1. The molecule has 0 aliphatic carbocycles. The second-order valence-corrected chi connectivity index (χ2v) is 7.54. The summed E-state index contributed by atoms with van der Waals surface area (Å²) in [6, 6.07) is 15.5. The summed E-state index contributed by atoms with van der Waals surface area (Å²) >= 11 is 0. The summed E-state index contributed by atoms with van der Waals surface area (Å²) in [6.45, 7) is 4.00. The first-order valence-corrected chi connectivity index (χ1v) is 10.4. The summed E-state index contributed by atoms with van der Waals surface area (Å²) in [5, 5.41) is 2.87. The molecule has 1 aromatic heterocycles. The minimum atomic E-state index is -0.277. The van der Waals surface area contributed by atoms with Gasteiger partial charge in [0.1, 0.15) is 24.0 Å². The van der Waals surface area contributed by atoms with Crippen molar-refractivity contribution in [3.63, 3.8) is 0 Å². The van der Waals surface area contributed by atoms with Crippen LogP contribution in [0, 0.1) is 12.7 Å². The number of likely N-dealkylation sites (tertiary alicyclic amines) is 1. The van der Waals surface area contributed by atoms with Crippen molar-refractivity contribution < 1.29 is 13.9 Å². The predicted octanol–water partition coefficient (Wildman–Crippen LogP) is 4.39. The highest BCUT2D eigenvalue weighted by atomic mass is 19.1. The van der Waals surface area contributed by atoms with Crippen molar-refractivity contribution in [1.29, 1.82) is 0 Å². The Kier molecular flexibility index (Phi) is 6.52. The van der Waals surface area contributed by atoms with E-state index < -0.39 is 0 Å². The Bertz CT molecular complexity index is 1030. The van der Waals surface area contributed by atoms with Crippen LogP contribution in [0.15, 0.2) is 60.8 Å². The molecular weight excluding hydrogens is 395 g/mol. The quantitative estimate of drug-likeness (QED) is 0.614. The fraction of sp³-hybridized carbons (Fsp3) is 0.292. The third-order valence-corrected chi connectivity index (χ3v) is 5.40. The van der Waals surface area contributed by atoms with Gasteiger partial charge in [0, 0.05) is 18.4 Å². The molecule has 7 heteroatoms. The van der Waals surface area contributed by atoms with Crippen LogP contribution >= 0.6 is 0 Å². The Morgan fingerprint density at radius 3 is 2.71 bits per heavy atom. The maximum atomic E-state index is 13.0. The molecule has 2 heterocycles. The van der Waals surface area contributed by atoms with Gasteiger partial charge in [-0.1, -0.05) is 18.2 Å². The molecule has 0 spiro atoms. The van der Waals surface area contributed by atoms with E-state index in [-0.39, 0.29) is 17.8 Å². The maximum absolute atomic E-state index is 13.0. The highest BCUT2D eigenvalue weighted by Crippen LogP contribution is 2.29. The largest absolute Gasteiger partial charge is 0.492 e. The molecule has 2 aromatic carbocycles. The van der Waals surface area contributed by atoms with Crippen LogP contribution in [0.4, 0.5) is 10.1 Å². The zero-order valence-electron chi connectivity index (χ0n) is 17.4. The van der Waals surface area contributed by atoms with Crippen LogP contribution in [-0.2, 0) is 0 Å². The Hall–Kier alpha value is -3.32. The molecule has 1 aliphatic heterocycles. The number of ether oxygens (including phenoxy) is 1. The van der Waals surface area contributed by atoms with E-state index in [0.29, 0.717) is 23.6 Å². The van der Waals surface area contributed by atoms with E-state index in [2.05, 4.69) is 20.2 Å². The van der Waals surface area contributed by atoms with Gasteiger partial charge in [-0.2, -0.15) is 0 Å². The van der Waals surface area contributed by atoms with Gasteiger partial charge in [-0.3, -0.25) is 9.69 Å². The Balaban J connectivity index is 1.38. The van der Waals surface area contributed by atoms with Crippen molar-refractivity contribution in [2.75, 3.05) is 25.0 Å². The number of benzene rings is 2. The van der Waals surface area contributed by atoms with Crippen LogP contribution in [0.2, 0.25) is 0 Å².